The summed E-state index contributed by atoms with van der Waals surface area (Å²) in [5.41, 5.74) is 3.09. The maximum Gasteiger partial charge on any atom is 0.232 e. The van der Waals surface area contributed by atoms with Gasteiger partial charge in [-0.15, -0.1) is 0 Å². The van der Waals surface area contributed by atoms with Crippen LogP contribution in [0.4, 0.5) is 5.69 Å². The van der Waals surface area contributed by atoms with Gasteiger partial charge in [0.15, 0.2) is 0 Å². The summed E-state index contributed by atoms with van der Waals surface area (Å²) in [6.45, 7) is 4.43. The van der Waals surface area contributed by atoms with Crippen molar-refractivity contribution in [1.82, 2.24) is 4.57 Å². The van der Waals surface area contributed by atoms with Gasteiger partial charge in [0.2, 0.25) is 10.0 Å². The second-order valence-corrected chi connectivity index (χ2v) is 6.96. The predicted octanol–water partition coefficient (Wildman–Crippen LogP) is 3.20. The zero-order chi connectivity index (χ0) is 16.2. The highest BCUT2D eigenvalue weighted by Gasteiger charge is 2.10. The van der Waals surface area contributed by atoms with E-state index in [1.54, 1.807) is 25.1 Å². The zero-order valence-electron chi connectivity index (χ0n) is 12.7. The molecule has 0 bridgehead atoms. The van der Waals surface area contributed by atoms with Gasteiger partial charge >= 0.3 is 0 Å². The number of nitriles is 1. The Kier molecular flexibility index (Phi) is 4.88. The van der Waals surface area contributed by atoms with Gasteiger partial charge in [-0.1, -0.05) is 19.1 Å². The van der Waals surface area contributed by atoms with Crippen LogP contribution in [0.2, 0.25) is 0 Å². The van der Waals surface area contributed by atoms with Crippen molar-refractivity contribution >= 4 is 15.7 Å². The summed E-state index contributed by atoms with van der Waals surface area (Å²) in [5, 5.41) is 9.16. The fraction of sp³-hybridized carbons (Fsp3) is 0.312. The number of anilines is 1. The van der Waals surface area contributed by atoms with Gasteiger partial charge in [0, 0.05) is 17.9 Å². The van der Waals surface area contributed by atoms with Gasteiger partial charge in [-0.3, -0.25) is 4.72 Å². The lowest BCUT2D eigenvalue weighted by molar-refractivity contribution is 0.602. The molecule has 1 heterocycles. The van der Waals surface area contributed by atoms with E-state index in [1.165, 1.54) is 0 Å². The third-order valence-electron chi connectivity index (χ3n) is 3.38. The molecule has 0 unspecified atom stereocenters. The molecule has 22 heavy (non-hydrogen) atoms. The highest BCUT2D eigenvalue weighted by atomic mass is 32.2. The molecule has 0 amide bonds. The Morgan fingerprint density at radius 1 is 1.14 bits per heavy atom. The van der Waals surface area contributed by atoms with Crippen LogP contribution in [0.15, 0.2) is 36.4 Å². The Bertz CT molecular complexity index is 784. The highest BCUT2D eigenvalue weighted by Crippen LogP contribution is 2.25. The van der Waals surface area contributed by atoms with Crippen molar-refractivity contribution in [1.29, 1.82) is 5.26 Å². The van der Waals surface area contributed by atoms with Crippen LogP contribution in [0.1, 0.15) is 26.0 Å². The summed E-state index contributed by atoms with van der Waals surface area (Å²) >= 11 is 0. The standard InChI is InChI=1S/C16H19N3O2S/c1-3-11-19-15(12-17)9-10-16(19)13-5-7-14(8-6-13)18-22(20,21)4-2/h5-10,18H,3-4,11H2,1-2H3. The van der Waals surface area contributed by atoms with E-state index in [0.717, 1.165) is 24.2 Å². The van der Waals surface area contributed by atoms with E-state index in [9.17, 15) is 8.42 Å². The molecule has 1 N–H and O–H groups in total. The molecule has 0 aliphatic heterocycles. The van der Waals surface area contributed by atoms with Crippen molar-refractivity contribution in [3.63, 3.8) is 0 Å². The molecule has 2 rings (SSSR count). The van der Waals surface area contributed by atoms with Crippen molar-refractivity contribution in [2.24, 2.45) is 0 Å². The zero-order valence-corrected chi connectivity index (χ0v) is 13.5. The summed E-state index contributed by atoms with van der Waals surface area (Å²) in [7, 11) is -3.26. The minimum Gasteiger partial charge on any atom is -0.332 e. The van der Waals surface area contributed by atoms with E-state index < -0.39 is 10.0 Å². The van der Waals surface area contributed by atoms with Crippen LogP contribution in [0.3, 0.4) is 0 Å². The fourth-order valence-corrected chi connectivity index (χ4v) is 2.88. The first kappa shape index (κ1) is 16.1. The maximum atomic E-state index is 11.6. The minimum atomic E-state index is -3.26. The molecule has 0 radical (unpaired) electrons. The molecule has 1 aromatic carbocycles. The monoisotopic (exact) mass is 317 g/mol. The normalized spacial score (nSPS) is 11.1. The van der Waals surface area contributed by atoms with Gasteiger partial charge in [-0.2, -0.15) is 5.26 Å². The largest absolute Gasteiger partial charge is 0.332 e. The first-order chi connectivity index (χ1) is 10.5. The van der Waals surface area contributed by atoms with Crippen LogP contribution in [-0.4, -0.2) is 18.7 Å². The summed E-state index contributed by atoms with van der Waals surface area (Å²) < 4.78 is 27.6. The molecule has 0 aliphatic carbocycles. The Balaban J connectivity index is 2.32. The summed E-state index contributed by atoms with van der Waals surface area (Å²) in [6, 6.07) is 13.1. The van der Waals surface area contributed by atoms with Gasteiger partial charge < -0.3 is 4.57 Å². The molecule has 2 aromatic rings. The number of benzene rings is 1. The molecular formula is C16H19N3O2S. The Labute approximate surface area is 131 Å². The van der Waals surface area contributed by atoms with E-state index in [4.69, 9.17) is 5.26 Å². The number of aromatic nitrogens is 1. The molecule has 0 saturated heterocycles. The first-order valence-corrected chi connectivity index (χ1v) is 8.86. The first-order valence-electron chi connectivity index (χ1n) is 7.21. The smallest absolute Gasteiger partial charge is 0.232 e. The summed E-state index contributed by atoms with van der Waals surface area (Å²) in [6.07, 6.45) is 0.935. The van der Waals surface area contributed by atoms with Crippen molar-refractivity contribution in [3.8, 4) is 17.3 Å². The molecule has 0 atom stereocenters. The van der Waals surface area contributed by atoms with Gasteiger partial charge in [-0.25, -0.2) is 8.42 Å². The van der Waals surface area contributed by atoms with E-state index in [1.807, 2.05) is 22.8 Å². The average molecular weight is 317 g/mol. The van der Waals surface area contributed by atoms with E-state index >= 15 is 0 Å². The number of sulfonamides is 1. The van der Waals surface area contributed by atoms with Crippen LogP contribution in [0.5, 0.6) is 0 Å². The van der Waals surface area contributed by atoms with Crippen molar-refractivity contribution < 1.29 is 8.42 Å². The molecule has 0 saturated carbocycles. The van der Waals surface area contributed by atoms with E-state index in [-0.39, 0.29) is 5.75 Å². The van der Waals surface area contributed by atoms with Gasteiger partial charge in [-0.05, 0) is 43.2 Å². The van der Waals surface area contributed by atoms with Crippen LogP contribution in [0, 0.1) is 11.3 Å². The second kappa shape index (κ2) is 6.67. The molecule has 0 aliphatic rings. The molecule has 0 spiro atoms. The number of hydrogen-bond donors (Lipinski definition) is 1. The highest BCUT2D eigenvalue weighted by molar-refractivity contribution is 7.92. The van der Waals surface area contributed by atoms with Crippen LogP contribution in [0.25, 0.3) is 11.3 Å². The van der Waals surface area contributed by atoms with Crippen LogP contribution < -0.4 is 4.72 Å². The molecule has 116 valence electrons. The quantitative estimate of drug-likeness (QED) is 0.889. The molecule has 0 fully saturated rings. The summed E-state index contributed by atoms with van der Waals surface area (Å²) in [5.74, 6) is 0.0413. The van der Waals surface area contributed by atoms with Crippen molar-refractivity contribution in [2.75, 3.05) is 10.5 Å². The Morgan fingerprint density at radius 3 is 2.36 bits per heavy atom. The Morgan fingerprint density at radius 2 is 1.82 bits per heavy atom. The molecular weight excluding hydrogens is 298 g/mol. The summed E-state index contributed by atoms with van der Waals surface area (Å²) in [4.78, 5) is 0. The number of nitrogens with zero attached hydrogens (tertiary/aromatic N) is 2. The number of nitrogens with one attached hydrogen (secondary N) is 1. The minimum absolute atomic E-state index is 0.0413. The van der Waals surface area contributed by atoms with Gasteiger partial charge in [0.1, 0.15) is 11.8 Å². The Hall–Kier alpha value is -2.26. The molecule has 6 heteroatoms. The topological polar surface area (TPSA) is 74.9 Å². The van der Waals surface area contributed by atoms with Crippen molar-refractivity contribution in [2.45, 2.75) is 26.8 Å². The third kappa shape index (κ3) is 3.49. The van der Waals surface area contributed by atoms with Crippen molar-refractivity contribution in [3.05, 3.63) is 42.1 Å². The van der Waals surface area contributed by atoms with Crippen LogP contribution in [-0.2, 0) is 16.6 Å². The van der Waals surface area contributed by atoms with Gasteiger partial charge in [0.25, 0.3) is 0 Å². The lowest BCUT2D eigenvalue weighted by Crippen LogP contribution is -2.14. The van der Waals surface area contributed by atoms with E-state index in [0.29, 0.717) is 11.4 Å². The number of rotatable bonds is 6. The second-order valence-electron chi connectivity index (χ2n) is 4.95. The van der Waals surface area contributed by atoms with E-state index in [2.05, 4.69) is 17.7 Å². The molecule has 1 aromatic heterocycles. The molecule has 5 nitrogen and oxygen atoms in total. The van der Waals surface area contributed by atoms with Crippen LogP contribution >= 0.6 is 0 Å². The lowest BCUT2D eigenvalue weighted by Gasteiger charge is -2.11. The predicted molar refractivity (Wildman–Crippen MR) is 88.0 cm³/mol. The maximum absolute atomic E-state index is 11.6. The number of hydrogen-bond acceptors (Lipinski definition) is 3. The SMILES string of the molecule is CCCn1c(C#N)ccc1-c1ccc(NS(=O)(=O)CC)cc1. The fourth-order valence-electron chi connectivity index (χ4n) is 2.24. The lowest BCUT2D eigenvalue weighted by atomic mass is 10.1. The third-order valence-corrected chi connectivity index (χ3v) is 4.68. The average Bonchev–Trinajstić information content (AvgIpc) is 2.91. The van der Waals surface area contributed by atoms with Gasteiger partial charge in [0.05, 0.1) is 5.75 Å².